The fraction of sp³-hybridized carbons (Fsp3) is 0.458. The summed E-state index contributed by atoms with van der Waals surface area (Å²) in [6, 6.07) is 16.2. The van der Waals surface area contributed by atoms with E-state index in [0.717, 1.165) is 48.1 Å². The molecule has 2 aromatic carbocycles. The predicted octanol–water partition coefficient (Wildman–Crippen LogP) is 5.21. The van der Waals surface area contributed by atoms with Gasteiger partial charge in [-0.25, -0.2) is 0 Å². The molecule has 6 rings (SSSR count). The van der Waals surface area contributed by atoms with Gasteiger partial charge < -0.3 is 4.90 Å². The van der Waals surface area contributed by atoms with Crippen LogP contribution >= 0.6 is 0 Å². The number of carbonyl (C=O) groups is 1. The van der Waals surface area contributed by atoms with Gasteiger partial charge in [0.15, 0.2) is 0 Å². The third-order valence-electron chi connectivity index (χ3n) is 7.33. The topological polar surface area (TPSA) is 63.5 Å². The van der Waals surface area contributed by atoms with Crippen molar-refractivity contribution in [3.63, 3.8) is 0 Å². The van der Waals surface area contributed by atoms with Crippen LogP contribution in [-0.2, 0) is 6.54 Å². The normalized spacial score (nSPS) is 29.6. The maximum Gasteiger partial charge on any atom is 0.269 e. The summed E-state index contributed by atoms with van der Waals surface area (Å²) >= 11 is 0. The minimum Gasteiger partial charge on any atom is -0.329 e. The van der Waals surface area contributed by atoms with Gasteiger partial charge in [0.1, 0.15) is 0 Å². The number of nitrogens with zero attached hydrogens (tertiary/aromatic N) is 2. The fourth-order valence-corrected chi connectivity index (χ4v) is 6.49. The Morgan fingerprint density at radius 3 is 2.00 bits per heavy atom. The molecule has 0 heterocycles. The first-order valence-electron chi connectivity index (χ1n) is 10.6. The van der Waals surface area contributed by atoms with Crippen molar-refractivity contribution in [2.45, 2.75) is 50.6 Å². The molecule has 4 aliphatic carbocycles. The van der Waals surface area contributed by atoms with E-state index in [1.165, 1.54) is 19.3 Å². The van der Waals surface area contributed by atoms with Crippen LogP contribution in [0, 0.1) is 27.9 Å². The van der Waals surface area contributed by atoms with Crippen LogP contribution in [0.25, 0.3) is 0 Å². The van der Waals surface area contributed by atoms with Gasteiger partial charge in [-0.2, -0.15) is 0 Å². The molecule has 5 heteroatoms. The van der Waals surface area contributed by atoms with Gasteiger partial charge in [0.05, 0.1) is 4.92 Å². The first kappa shape index (κ1) is 18.3. The Kier molecular flexibility index (Phi) is 4.41. The second kappa shape index (κ2) is 6.97. The number of nitro benzene ring substituents is 1. The van der Waals surface area contributed by atoms with E-state index in [-0.39, 0.29) is 22.1 Å². The quantitative estimate of drug-likeness (QED) is 0.520. The Hall–Kier alpha value is -2.69. The van der Waals surface area contributed by atoms with E-state index in [1.54, 1.807) is 24.3 Å². The highest BCUT2D eigenvalue weighted by molar-refractivity contribution is 5.94. The largest absolute Gasteiger partial charge is 0.329 e. The molecule has 4 saturated carbocycles. The number of nitro groups is 1. The van der Waals surface area contributed by atoms with Crippen molar-refractivity contribution in [1.29, 1.82) is 0 Å². The Balaban J connectivity index is 1.50. The third-order valence-corrected chi connectivity index (χ3v) is 7.33. The highest BCUT2D eigenvalue weighted by atomic mass is 16.6. The van der Waals surface area contributed by atoms with Crippen LogP contribution in [0.15, 0.2) is 54.6 Å². The molecule has 4 bridgehead atoms. The summed E-state index contributed by atoms with van der Waals surface area (Å²) in [6.07, 6.45) is 7.28. The molecular formula is C24H26N2O3. The van der Waals surface area contributed by atoms with Crippen LogP contribution < -0.4 is 0 Å². The van der Waals surface area contributed by atoms with Crippen molar-refractivity contribution in [2.75, 3.05) is 0 Å². The molecule has 0 N–H and O–H groups in total. The first-order chi connectivity index (χ1) is 14.0. The van der Waals surface area contributed by atoms with Crippen molar-refractivity contribution < 1.29 is 9.72 Å². The number of rotatable bonds is 5. The maximum atomic E-state index is 13.7. The van der Waals surface area contributed by atoms with Gasteiger partial charge in [-0.1, -0.05) is 30.3 Å². The van der Waals surface area contributed by atoms with Crippen LogP contribution in [0.4, 0.5) is 5.69 Å². The molecule has 1 amide bonds. The maximum absolute atomic E-state index is 13.7. The first-order valence-corrected chi connectivity index (χ1v) is 10.6. The van der Waals surface area contributed by atoms with Crippen molar-refractivity contribution in [1.82, 2.24) is 4.90 Å². The average molecular weight is 390 g/mol. The van der Waals surface area contributed by atoms with Crippen LogP contribution in [0.1, 0.15) is 54.4 Å². The Bertz CT molecular complexity index is 888. The van der Waals surface area contributed by atoms with E-state index in [2.05, 4.69) is 4.90 Å². The predicted molar refractivity (Wildman–Crippen MR) is 110 cm³/mol. The summed E-state index contributed by atoms with van der Waals surface area (Å²) in [7, 11) is 0. The number of hydrogen-bond donors (Lipinski definition) is 0. The van der Waals surface area contributed by atoms with Gasteiger partial charge in [0, 0.05) is 29.8 Å². The molecule has 0 radical (unpaired) electrons. The minimum absolute atomic E-state index is 0.0660. The van der Waals surface area contributed by atoms with E-state index in [9.17, 15) is 14.9 Å². The molecule has 29 heavy (non-hydrogen) atoms. The lowest BCUT2D eigenvalue weighted by molar-refractivity contribution is -0.384. The highest BCUT2D eigenvalue weighted by Crippen LogP contribution is 2.58. The van der Waals surface area contributed by atoms with E-state index >= 15 is 0 Å². The average Bonchev–Trinajstić information content (AvgIpc) is 2.71. The molecule has 0 spiro atoms. The van der Waals surface area contributed by atoms with Gasteiger partial charge in [0.2, 0.25) is 0 Å². The zero-order valence-corrected chi connectivity index (χ0v) is 16.5. The van der Waals surface area contributed by atoms with Crippen LogP contribution in [0.2, 0.25) is 0 Å². The number of non-ortho nitro benzene ring substituents is 1. The van der Waals surface area contributed by atoms with Crippen LogP contribution in [-0.4, -0.2) is 21.3 Å². The summed E-state index contributed by atoms with van der Waals surface area (Å²) < 4.78 is 0. The van der Waals surface area contributed by atoms with Crippen LogP contribution in [0.3, 0.4) is 0 Å². The highest BCUT2D eigenvalue weighted by Gasteiger charge is 2.54. The zero-order valence-electron chi connectivity index (χ0n) is 16.5. The molecule has 4 fully saturated rings. The molecule has 0 aliphatic heterocycles. The van der Waals surface area contributed by atoms with Crippen LogP contribution in [0.5, 0.6) is 0 Å². The zero-order chi connectivity index (χ0) is 20.0. The molecule has 4 aliphatic rings. The van der Waals surface area contributed by atoms with E-state index in [0.29, 0.717) is 6.54 Å². The standard InChI is InChI=1S/C24H26N2O3/c27-23(21-4-2-1-3-5-21)25(16-17-6-8-22(9-7-17)26(28)29)24-13-18-10-19(14-24)12-20(11-18)15-24/h1-9,18-20H,10-16H2. The van der Waals surface area contributed by atoms with Gasteiger partial charge in [-0.3, -0.25) is 14.9 Å². The van der Waals surface area contributed by atoms with E-state index in [1.807, 2.05) is 30.3 Å². The summed E-state index contributed by atoms with van der Waals surface area (Å²) in [5.74, 6) is 2.31. The fourth-order valence-electron chi connectivity index (χ4n) is 6.49. The summed E-state index contributed by atoms with van der Waals surface area (Å²) in [5, 5.41) is 11.0. The Labute approximate surface area is 170 Å². The molecule has 0 saturated heterocycles. The smallest absolute Gasteiger partial charge is 0.269 e. The second-order valence-electron chi connectivity index (χ2n) is 9.32. The minimum atomic E-state index is -0.379. The molecule has 150 valence electrons. The summed E-state index contributed by atoms with van der Waals surface area (Å²) in [4.78, 5) is 26.4. The van der Waals surface area contributed by atoms with E-state index < -0.39 is 0 Å². The van der Waals surface area contributed by atoms with Gasteiger partial charge in [0.25, 0.3) is 11.6 Å². The Morgan fingerprint density at radius 2 is 1.48 bits per heavy atom. The second-order valence-corrected chi connectivity index (χ2v) is 9.32. The molecule has 0 aromatic heterocycles. The molecule has 5 nitrogen and oxygen atoms in total. The number of carbonyl (C=O) groups excluding carboxylic acids is 1. The SMILES string of the molecule is O=C(c1ccccc1)N(Cc1ccc([N+](=O)[O-])cc1)C12CC3CC(CC(C3)C1)C2. The van der Waals surface area contributed by atoms with Crippen molar-refractivity contribution in [3.8, 4) is 0 Å². The van der Waals surface area contributed by atoms with Crippen molar-refractivity contribution in [2.24, 2.45) is 17.8 Å². The number of amides is 1. The van der Waals surface area contributed by atoms with E-state index in [4.69, 9.17) is 0 Å². The number of hydrogen-bond acceptors (Lipinski definition) is 3. The van der Waals surface area contributed by atoms with Gasteiger partial charge in [-0.05, 0) is 74.0 Å². The summed E-state index contributed by atoms with van der Waals surface area (Å²) in [5.41, 5.74) is 1.70. The van der Waals surface area contributed by atoms with Gasteiger partial charge >= 0.3 is 0 Å². The van der Waals surface area contributed by atoms with Crippen molar-refractivity contribution >= 4 is 11.6 Å². The lowest BCUT2D eigenvalue weighted by atomic mass is 9.52. The van der Waals surface area contributed by atoms with Crippen molar-refractivity contribution in [3.05, 3.63) is 75.8 Å². The number of benzene rings is 2. The monoisotopic (exact) mass is 390 g/mol. The lowest BCUT2D eigenvalue weighted by Gasteiger charge is -2.60. The lowest BCUT2D eigenvalue weighted by Crippen LogP contribution is -2.61. The summed E-state index contributed by atoms with van der Waals surface area (Å²) in [6.45, 7) is 0.512. The Morgan fingerprint density at radius 1 is 0.931 bits per heavy atom. The van der Waals surface area contributed by atoms with Gasteiger partial charge in [-0.15, -0.1) is 0 Å². The molecule has 2 aromatic rings. The molecule has 0 atom stereocenters. The third kappa shape index (κ3) is 3.33. The molecule has 0 unspecified atom stereocenters. The molecular weight excluding hydrogens is 364 g/mol.